The third-order valence-electron chi connectivity index (χ3n) is 3.14. The van der Waals surface area contributed by atoms with Gasteiger partial charge in [-0.2, -0.15) is 0 Å². The first-order valence-corrected chi connectivity index (χ1v) is 7.15. The van der Waals surface area contributed by atoms with Crippen molar-refractivity contribution in [3.05, 3.63) is 35.9 Å². The van der Waals surface area contributed by atoms with Crippen molar-refractivity contribution in [2.24, 2.45) is 5.92 Å². The number of nitrogens with zero attached hydrogens (tertiary/aromatic N) is 1. The maximum Gasteiger partial charge on any atom is 0.254 e. The van der Waals surface area contributed by atoms with Crippen LogP contribution in [0, 0.1) is 5.92 Å². The SMILES string of the molecule is CC(O)CC(C)CNC(=O)CN(C)C(=O)c1ccccc1. The van der Waals surface area contributed by atoms with E-state index < -0.39 is 0 Å². The Labute approximate surface area is 126 Å². The maximum absolute atomic E-state index is 12.1. The number of aliphatic hydroxyl groups excluding tert-OH is 1. The van der Waals surface area contributed by atoms with Crippen LogP contribution in [-0.2, 0) is 4.79 Å². The van der Waals surface area contributed by atoms with E-state index in [4.69, 9.17) is 0 Å². The second-order valence-electron chi connectivity index (χ2n) is 5.52. The van der Waals surface area contributed by atoms with Crippen molar-refractivity contribution < 1.29 is 14.7 Å². The Morgan fingerprint density at radius 2 is 1.86 bits per heavy atom. The van der Waals surface area contributed by atoms with Crippen LogP contribution in [0.25, 0.3) is 0 Å². The molecule has 2 unspecified atom stereocenters. The summed E-state index contributed by atoms with van der Waals surface area (Å²) >= 11 is 0. The Bertz CT molecular complexity index is 460. The fraction of sp³-hybridized carbons (Fsp3) is 0.500. The second kappa shape index (κ2) is 8.42. The normalized spacial score (nSPS) is 13.3. The molecule has 0 fully saturated rings. The number of rotatable bonds is 7. The van der Waals surface area contributed by atoms with Crippen molar-refractivity contribution in [3.63, 3.8) is 0 Å². The molecule has 0 spiro atoms. The van der Waals surface area contributed by atoms with Crippen molar-refractivity contribution in [1.82, 2.24) is 10.2 Å². The van der Waals surface area contributed by atoms with Gasteiger partial charge in [0, 0.05) is 19.2 Å². The summed E-state index contributed by atoms with van der Waals surface area (Å²) in [6.07, 6.45) is 0.262. The first-order valence-electron chi connectivity index (χ1n) is 7.15. The highest BCUT2D eigenvalue weighted by atomic mass is 16.3. The van der Waals surface area contributed by atoms with Crippen LogP contribution in [0.5, 0.6) is 0 Å². The third-order valence-corrected chi connectivity index (χ3v) is 3.14. The van der Waals surface area contributed by atoms with Gasteiger partial charge in [0.1, 0.15) is 0 Å². The van der Waals surface area contributed by atoms with E-state index >= 15 is 0 Å². The van der Waals surface area contributed by atoms with Gasteiger partial charge in [0.05, 0.1) is 12.6 Å². The Morgan fingerprint density at radius 3 is 2.43 bits per heavy atom. The molecule has 0 aliphatic heterocycles. The van der Waals surface area contributed by atoms with Crippen LogP contribution in [-0.4, -0.2) is 48.1 Å². The lowest BCUT2D eigenvalue weighted by Crippen LogP contribution is -2.40. The van der Waals surface area contributed by atoms with Gasteiger partial charge in [-0.3, -0.25) is 9.59 Å². The molecule has 2 amide bonds. The van der Waals surface area contributed by atoms with E-state index in [1.165, 1.54) is 4.90 Å². The quantitative estimate of drug-likeness (QED) is 0.795. The first kappa shape index (κ1) is 17.2. The summed E-state index contributed by atoms with van der Waals surface area (Å²) in [4.78, 5) is 25.3. The summed E-state index contributed by atoms with van der Waals surface area (Å²) in [6.45, 7) is 4.21. The molecule has 0 heterocycles. The summed E-state index contributed by atoms with van der Waals surface area (Å²) < 4.78 is 0. The number of hydrogen-bond donors (Lipinski definition) is 2. The van der Waals surface area contributed by atoms with Gasteiger partial charge in [-0.15, -0.1) is 0 Å². The van der Waals surface area contributed by atoms with Crippen molar-refractivity contribution in [2.75, 3.05) is 20.1 Å². The van der Waals surface area contributed by atoms with Gasteiger partial charge in [0.2, 0.25) is 5.91 Å². The molecule has 0 saturated carbocycles. The first-order chi connectivity index (χ1) is 9.90. The molecule has 0 radical (unpaired) electrons. The van der Waals surface area contributed by atoms with E-state index in [0.717, 1.165) is 0 Å². The minimum Gasteiger partial charge on any atom is -0.393 e. The monoisotopic (exact) mass is 292 g/mol. The van der Waals surface area contributed by atoms with Crippen LogP contribution < -0.4 is 5.32 Å². The molecule has 2 N–H and O–H groups in total. The second-order valence-corrected chi connectivity index (χ2v) is 5.52. The maximum atomic E-state index is 12.1. The summed E-state index contributed by atoms with van der Waals surface area (Å²) in [7, 11) is 1.61. The summed E-state index contributed by atoms with van der Waals surface area (Å²) in [5, 5.41) is 12.0. The topological polar surface area (TPSA) is 69.6 Å². The lowest BCUT2D eigenvalue weighted by Gasteiger charge is -2.18. The third kappa shape index (κ3) is 6.40. The van der Waals surface area contributed by atoms with E-state index in [-0.39, 0.29) is 30.4 Å². The largest absolute Gasteiger partial charge is 0.393 e. The molecule has 0 aliphatic rings. The van der Waals surface area contributed by atoms with Crippen molar-refractivity contribution in [1.29, 1.82) is 0 Å². The number of amides is 2. The Balaban J connectivity index is 2.39. The number of likely N-dealkylation sites (N-methyl/N-ethyl adjacent to an activating group) is 1. The van der Waals surface area contributed by atoms with E-state index in [1.807, 2.05) is 13.0 Å². The van der Waals surface area contributed by atoms with Crippen molar-refractivity contribution >= 4 is 11.8 Å². The van der Waals surface area contributed by atoms with Crippen molar-refractivity contribution in [2.45, 2.75) is 26.4 Å². The molecule has 2 atom stereocenters. The minimum absolute atomic E-state index is 0.0229. The van der Waals surface area contributed by atoms with Gasteiger partial charge >= 0.3 is 0 Å². The van der Waals surface area contributed by atoms with E-state index in [1.54, 1.807) is 38.2 Å². The highest BCUT2D eigenvalue weighted by molar-refractivity contribution is 5.96. The van der Waals surface area contributed by atoms with Crippen LogP contribution in [0.4, 0.5) is 0 Å². The molecule has 116 valence electrons. The Kier molecular flexibility index (Phi) is 6.88. The molecular formula is C16H24N2O3. The number of nitrogens with one attached hydrogen (secondary N) is 1. The predicted octanol–water partition coefficient (Wildman–Crippen LogP) is 1.28. The zero-order valence-corrected chi connectivity index (χ0v) is 12.9. The van der Waals surface area contributed by atoms with Gasteiger partial charge in [0.25, 0.3) is 5.91 Å². The number of aliphatic hydroxyl groups is 1. The van der Waals surface area contributed by atoms with E-state index in [0.29, 0.717) is 18.5 Å². The highest BCUT2D eigenvalue weighted by Gasteiger charge is 2.15. The molecule has 5 heteroatoms. The number of carbonyl (C=O) groups is 2. The fourth-order valence-corrected chi connectivity index (χ4v) is 2.10. The van der Waals surface area contributed by atoms with Crippen LogP contribution in [0.3, 0.4) is 0 Å². The minimum atomic E-state index is -0.376. The lowest BCUT2D eigenvalue weighted by molar-refractivity contribution is -0.121. The molecule has 1 rings (SSSR count). The fourth-order valence-electron chi connectivity index (χ4n) is 2.10. The van der Waals surface area contributed by atoms with E-state index in [9.17, 15) is 14.7 Å². The Hall–Kier alpha value is -1.88. The van der Waals surface area contributed by atoms with Crippen molar-refractivity contribution in [3.8, 4) is 0 Å². The van der Waals surface area contributed by atoms with Gasteiger partial charge in [-0.05, 0) is 31.4 Å². The zero-order chi connectivity index (χ0) is 15.8. The molecule has 5 nitrogen and oxygen atoms in total. The molecule has 1 aromatic carbocycles. The van der Waals surface area contributed by atoms with Crippen LogP contribution in [0.2, 0.25) is 0 Å². The smallest absolute Gasteiger partial charge is 0.254 e. The van der Waals surface area contributed by atoms with Crippen LogP contribution in [0.15, 0.2) is 30.3 Å². The van der Waals surface area contributed by atoms with Gasteiger partial charge in [-0.1, -0.05) is 25.1 Å². The van der Waals surface area contributed by atoms with Gasteiger partial charge in [0.15, 0.2) is 0 Å². The molecular weight excluding hydrogens is 268 g/mol. The highest BCUT2D eigenvalue weighted by Crippen LogP contribution is 2.05. The van der Waals surface area contributed by atoms with Gasteiger partial charge < -0.3 is 15.3 Å². The average molecular weight is 292 g/mol. The molecule has 0 saturated heterocycles. The molecule has 0 aromatic heterocycles. The standard InChI is InChI=1S/C16H24N2O3/c1-12(9-13(2)19)10-17-15(20)11-18(3)16(21)14-7-5-4-6-8-14/h4-8,12-13,19H,9-11H2,1-3H3,(H,17,20). The van der Waals surface area contributed by atoms with Gasteiger partial charge in [-0.25, -0.2) is 0 Å². The van der Waals surface area contributed by atoms with E-state index in [2.05, 4.69) is 5.32 Å². The summed E-state index contributed by atoms with van der Waals surface area (Å²) in [5.74, 6) is -0.175. The summed E-state index contributed by atoms with van der Waals surface area (Å²) in [5.41, 5.74) is 0.565. The number of carbonyl (C=O) groups excluding carboxylic acids is 2. The molecule has 0 aliphatic carbocycles. The lowest BCUT2D eigenvalue weighted by atomic mass is 10.0. The van der Waals surface area contributed by atoms with Crippen LogP contribution >= 0.6 is 0 Å². The molecule has 0 bridgehead atoms. The predicted molar refractivity (Wildman–Crippen MR) is 81.9 cm³/mol. The zero-order valence-electron chi connectivity index (χ0n) is 12.9. The molecule has 21 heavy (non-hydrogen) atoms. The average Bonchev–Trinajstić information content (AvgIpc) is 2.44. The summed E-state index contributed by atoms with van der Waals surface area (Å²) in [6, 6.07) is 8.87. The van der Waals surface area contributed by atoms with Crippen LogP contribution in [0.1, 0.15) is 30.6 Å². The Morgan fingerprint density at radius 1 is 1.24 bits per heavy atom. The number of hydrogen-bond acceptors (Lipinski definition) is 3. The number of benzene rings is 1. The molecule has 1 aromatic rings.